The van der Waals surface area contributed by atoms with E-state index in [1.165, 1.54) is 23.1 Å². The average molecular weight is 385 g/mol. The van der Waals surface area contributed by atoms with Gasteiger partial charge in [-0.3, -0.25) is 9.59 Å². The fraction of sp³-hybridized carbons (Fsp3) is 0.556. The van der Waals surface area contributed by atoms with E-state index in [9.17, 15) is 22.8 Å². The summed E-state index contributed by atoms with van der Waals surface area (Å²) in [6, 6.07) is 4.88. The highest BCUT2D eigenvalue weighted by atomic mass is 19.4. The fourth-order valence-electron chi connectivity index (χ4n) is 3.58. The smallest absolute Gasteiger partial charge is 0.406 e. The Morgan fingerprint density at radius 2 is 2.11 bits per heavy atom. The highest BCUT2D eigenvalue weighted by Gasteiger charge is 2.36. The molecule has 2 N–H and O–H groups in total. The molecule has 148 valence electrons. The number of rotatable bonds is 4. The molecule has 2 fully saturated rings. The molecule has 0 spiro atoms. The zero-order chi connectivity index (χ0) is 19.6. The summed E-state index contributed by atoms with van der Waals surface area (Å²) < 4.78 is 41.1. The Balaban J connectivity index is 1.63. The molecule has 6 nitrogen and oxygen atoms in total. The lowest BCUT2D eigenvalue weighted by Gasteiger charge is -2.28. The molecule has 0 radical (unpaired) electrons. The first-order chi connectivity index (χ1) is 12.7. The summed E-state index contributed by atoms with van der Waals surface area (Å²) in [6.07, 6.45) is -2.95. The first-order valence-corrected chi connectivity index (χ1v) is 8.94. The molecule has 0 bridgehead atoms. The molecule has 0 saturated carbocycles. The van der Waals surface area contributed by atoms with Gasteiger partial charge in [0.1, 0.15) is 11.8 Å². The Morgan fingerprint density at radius 3 is 2.81 bits per heavy atom. The van der Waals surface area contributed by atoms with Crippen LogP contribution in [0.2, 0.25) is 0 Å². The van der Waals surface area contributed by atoms with Crippen molar-refractivity contribution in [1.29, 1.82) is 0 Å². The lowest BCUT2D eigenvalue weighted by Crippen LogP contribution is -2.47. The van der Waals surface area contributed by atoms with Crippen LogP contribution in [0.4, 0.5) is 18.9 Å². The summed E-state index contributed by atoms with van der Waals surface area (Å²) in [5, 5.41) is 6.07. The van der Waals surface area contributed by atoms with E-state index in [2.05, 4.69) is 15.4 Å². The number of alkyl halides is 3. The molecular formula is C18H22F3N3O3. The van der Waals surface area contributed by atoms with Crippen molar-refractivity contribution < 1.29 is 27.5 Å². The van der Waals surface area contributed by atoms with Crippen molar-refractivity contribution in [1.82, 2.24) is 10.6 Å². The number of piperidine rings is 1. The second kappa shape index (κ2) is 7.75. The summed E-state index contributed by atoms with van der Waals surface area (Å²) in [7, 11) is 0. The van der Waals surface area contributed by atoms with Crippen LogP contribution in [0.15, 0.2) is 24.3 Å². The summed E-state index contributed by atoms with van der Waals surface area (Å²) in [4.78, 5) is 26.4. The van der Waals surface area contributed by atoms with Gasteiger partial charge in [0.15, 0.2) is 0 Å². The van der Waals surface area contributed by atoms with Gasteiger partial charge in [0.2, 0.25) is 11.8 Å². The number of carbonyl (C=O) groups excluding carboxylic acids is 2. The standard InChI is InChI=1S/C18H22F3N3O3/c1-11-9-12(5-7-22-11)16(25)23-15-6-8-24(17(15)26)13-3-2-4-14(10-13)27-18(19,20)21/h2-4,10-12,15,22H,5-9H2,1H3,(H,23,25)/t11-,12-,15?/m0/s1. The molecule has 1 unspecified atom stereocenters. The molecule has 1 aromatic rings. The Labute approximate surface area is 155 Å². The quantitative estimate of drug-likeness (QED) is 0.834. The molecule has 3 atom stereocenters. The van der Waals surface area contributed by atoms with Crippen LogP contribution in [0.1, 0.15) is 26.2 Å². The normalized spacial score (nSPS) is 26.1. The van der Waals surface area contributed by atoms with Crippen LogP contribution in [0, 0.1) is 5.92 Å². The van der Waals surface area contributed by atoms with Gasteiger partial charge in [0, 0.05) is 30.3 Å². The van der Waals surface area contributed by atoms with Crippen LogP contribution in [-0.2, 0) is 9.59 Å². The SMILES string of the molecule is C[C@H]1C[C@@H](C(=O)NC2CCN(c3cccc(OC(F)(F)F)c3)C2=O)CCN1. The largest absolute Gasteiger partial charge is 0.573 e. The molecule has 0 aliphatic carbocycles. The Bertz CT molecular complexity index is 711. The molecule has 2 aliphatic rings. The number of amides is 2. The lowest BCUT2D eigenvalue weighted by molar-refractivity contribution is -0.274. The molecule has 3 rings (SSSR count). The summed E-state index contributed by atoms with van der Waals surface area (Å²) in [5.74, 6) is -0.984. The second-order valence-corrected chi connectivity index (χ2v) is 6.96. The molecule has 2 heterocycles. The van der Waals surface area contributed by atoms with E-state index in [0.29, 0.717) is 25.1 Å². The van der Waals surface area contributed by atoms with E-state index in [1.807, 2.05) is 6.92 Å². The van der Waals surface area contributed by atoms with Gasteiger partial charge in [-0.05, 0) is 44.9 Å². The van der Waals surface area contributed by atoms with Crippen molar-refractivity contribution in [3.63, 3.8) is 0 Å². The third-order valence-corrected chi connectivity index (χ3v) is 4.88. The molecule has 2 saturated heterocycles. The van der Waals surface area contributed by atoms with Crippen LogP contribution in [0.25, 0.3) is 0 Å². The average Bonchev–Trinajstić information content (AvgIpc) is 2.94. The highest BCUT2D eigenvalue weighted by Crippen LogP contribution is 2.29. The number of carbonyl (C=O) groups is 2. The zero-order valence-electron chi connectivity index (χ0n) is 14.9. The first kappa shape index (κ1) is 19.5. The number of nitrogens with one attached hydrogen (secondary N) is 2. The predicted molar refractivity (Wildman–Crippen MR) is 92.2 cm³/mol. The Morgan fingerprint density at radius 1 is 1.33 bits per heavy atom. The van der Waals surface area contributed by atoms with Gasteiger partial charge in [-0.1, -0.05) is 6.07 Å². The molecule has 1 aromatic carbocycles. The maximum absolute atomic E-state index is 12.6. The van der Waals surface area contributed by atoms with Crippen LogP contribution >= 0.6 is 0 Å². The van der Waals surface area contributed by atoms with Gasteiger partial charge in [-0.25, -0.2) is 0 Å². The van der Waals surface area contributed by atoms with Crippen LogP contribution in [0.3, 0.4) is 0 Å². The minimum atomic E-state index is -4.80. The zero-order valence-corrected chi connectivity index (χ0v) is 14.9. The monoisotopic (exact) mass is 385 g/mol. The molecular weight excluding hydrogens is 363 g/mol. The van der Waals surface area contributed by atoms with E-state index in [0.717, 1.165) is 13.0 Å². The number of hydrogen-bond donors (Lipinski definition) is 2. The second-order valence-electron chi connectivity index (χ2n) is 6.96. The lowest BCUT2D eigenvalue weighted by atomic mass is 9.92. The van der Waals surface area contributed by atoms with Crippen LogP contribution < -0.4 is 20.3 Å². The van der Waals surface area contributed by atoms with Gasteiger partial charge in [-0.2, -0.15) is 0 Å². The van der Waals surface area contributed by atoms with Gasteiger partial charge in [0.25, 0.3) is 0 Å². The number of hydrogen-bond acceptors (Lipinski definition) is 4. The van der Waals surface area contributed by atoms with Crippen molar-refractivity contribution in [2.24, 2.45) is 5.92 Å². The fourth-order valence-corrected chi connectivity index (χ4v) is 3.58. The highest BCUT2D eigenvalue weighted by molar-refractivity contribution is 6.01. The van der Waals surface area contributed by atoms with E-state index >= 15 is 0 Å². The summed E-state index contributed by atoms with van der Waals surface area (Å²) >= 11 is 0. The number of ether oxygens (including phenoxy) is 1. The van der Waals surface area contributed by atoms with Gasteiger partial charge < -0.3 is 20.3 Å². The topological polar surface area (TPSA) is 70.7 Å². The number of anilines is 1. The molecule has 2 aliphatic heterocycles. The molecule has 27 heavy (non-hydrogen) atoms. The van der Waals surface area contributed by atoms with Crippen molar-refractivity contribution in [3.05, 3.63) is 24.3 Å². The molecule has 9 heteroatoms. The van der Waals surface area contributed by atoms with Crippen molar-refractivity contribution in [3.8, 4) is 5.75 Å². The number of benzene rings is 1. The van der Waals surface area contributed by atoms with Gasteiger partial charge in [-0.15, -0.1) is 13.2 Å². The number of nitrogens with zero attached hydrogens (tertiary/aromatic N) is 1. The third-order valence-electron chi connectivity index (χ3n) is 4.88. The summed E-state index contributed by atoms with van der Waals surface area (Å²) in [5.41, 5.74) is 0.314. The minimum Gasteiger partial charge on any atom is -0.406 e. The van der Waals surface area contributed by atoms with E-state index < -0.39 is 12.4 Å². The molecule has 2 amide bonds. The van der Waals surface area contributed by atoms with E-state index in [4.69, 9.17) is 0 Å². The number of halogens is 3. The first-order valence-electron chi connectivity index (χ1n) is 8.94. The maximum Gasteiger partial charge on any atom is 0.573 e. The summed E-state index contributed by atoms with van der Waals surface area (Å²) in [6.45, 7) is 3.09. The van der Waals surface area contributed by atoms with Crippen molar-refractivity contribution in [2.75, 3.05) is 18.0 Å². The maximum atomic E-state index is 12.6. The van der Waals surface area contributed by atoms with Gasteiger partial charge >= 0.3 is 6.36 Å². The van der Waals surface area contributed by atoms with Crippen molar-refractivity contribution >= 4 is 17.5 Å². The van der Waals surface area contributed by atoms with E-state index in [-0.39, 0.29) is 29.5 Å². The molecule has 0 aromatic heterocycles. The predicted octanol–water partition coefficient (Wildman–Crippen LogP) is 2.19. The van der Waals surface area contributed by atoms with Crippen LogP contribution in [-0.4, -0.2) is 43.3 Å². The van der Waals surface area contributed by atoms with Gasteiger partial charge in [0.05, 0.1) is 0 Å². The Kier molecular flexibility index (Phi) is 5.59. The third kappa shape index (κ3) is 4.91. The van der Waals surface area contributed by atoms with Crippen molar-refractivity contribution in [2.45, 2.75) is 44.6 Å². The van der Waals surface area contributed by atoms with Crippen LogP contribution in [0.5, 0.6) is 5.75 Å². The minimum absolute atomic E-state index is 0.133. The Hall–Kier alpha value is -2.29. The van der Waals surface area contributed by atoms with E-state index in [1.54, 1.807) is 6.07 Å².